The summed E-state index contributed by atoms with van der Waals surface area (Å²) in [6.07, 6.45) is 3.87. The smallest absolute Gasteiger partial charge is 0.260 e. The van der Waals surface area contributed by atoms with E-state index in [1.165, 1.54) is 23.2 Å². The molecule has 1 aliphatic rings. The van der Waals surface area contributed by atoms with Crippen molar-refractivity contribution in [2.24, 2.45) is 0 Å². The highest BCUT2D eigenvalue weighted by molar-refractivity contribution is 7.14. The van der Waals surface area contributed by atoms with Crippen molar-refractivity contribution in [2.75, 3.05) is 31.5 Å². The van der Waals surface area contributed by atoms with Crippen LogP contribution in [0.5, 0.6) is 0 Å². The normalized spacial score (nSPS) is 13.7. The lowest BCUT2D eigenvalue weighted by atomic mass is 10.1. The zero-order chi connectivity index (χ0) is 23.9. The molecule has 3 aromatic rings. The van der Waals surface area contributed by atoms with Gasteiger partial charge in [0.05, 0.1) is 23.9 Å². The number of anilines is 1. The van der Waals surface area contributed by atoms with Crippen molar-refractivity contribution < 1.29 is 18.8 Å². The van der Waals surface area contributed by atoms with Gasteiger partial charge in [-0.1, -0.05) is 30.3 Å². The van der Waals surface area contributed by atoms with Crippen LogP contribution in [0.1, 0.15) is 40.2 Å². The number of piperazine rings is 1. The number of thiazole rings is 1. The van der Waals surface area contributed by atoms with Crippen LogP contribution in [-0.2, 0) is 22.4 Å². The maximum Gasteiger partial charge on any atom is 0.260 e. The Hall–Kier alpha value is -3.46. The van der Waals surface area contributed by atoms with Crippen LogP contribution in [0.2, 0.25) is 0 Å². The molecule has 1 fully saturated rings. The van der Waals surface area contributed by atoms with Gasteiger partial charge in [-0.3, -0.25) is 19.7 Å². The van der Waals surface area contributed by atoms with Crippen LogP contribution in [-0.4, -0.2) is 58.7 Å². The highest BCUT2D eigenvalue weighted by Crippen LogP contribution is 2.19. The number of carbonyl (C=O) groups excluding carboxylic acids is 3. The van der Waals surface area contributed by atoms with E-state index in [4.69, 9.17) is 4.42 Å². The zero-order valence-electron chi connectivity index (χ0n) is 19.2. The topological polar surface area (TPSA) is 95.8 Å². The summed E-state index contributed by atoms with van der Waals surface area (Å²) >= 11 is 1.28. The van der Waals surface area contributed by atoms with Gasteiger partial charge in [0.2, 0.25) is 11.8 Å². The molecular weight excluding hydrogens is 452 g/mol. The first-order chi connectivity index (χ1) is 16.5. The van der Waals surface area contributed by atoms with Crippen LogP contribution >= 0.6 is 11.3 Å². The van der Waals surface area contributed by atoms with Crippen molar-refractivity contribution in [2.45, 2.75) is 32.6 Å². The minimum absolute atomic E-state index is 0.0231. The van der Waals surface area contributed by atoms with E-state index in [1.807, 2.05) is 23.1 Å². The number of aromatic nitrogens is 1. The SMILES string of the molecule is Cc1occc1C(=O)Nc1nc(CC(=O)N2CCN(C(=O)CCCc3ccccc3)CC2)cs1. The molecule has 0 atom stereocenters. The Labute approximate surface area is 202 Å². The largest absolute Gasteiger partial charge is 0.469 e. The number of furan rings is 1. The number of nitrogens with zero attached hydrogens (tertiary/aromatic N) is 3. The fraction of sp³-hybridized carbons (Fsp3) is 0.360. The predicted molar refractivity (Wildman–Crippen MR) is 130 cm³/mol. The highest BCUT2D eigenvalue weighted by Gasteiger charge is 2.24. The number of rotatable bonds is 8. The molecule has 2 aromatic heterocycles. The molecule has 0 saturated carbocycles. The van der Waals surface area contributed by atoms with Crippen molar-refractivity contribution in [1.29, 1.82) is 0 Å². The quantitative estimate of drug-likeness (QED) is 0.532. The number of hydrogen-bond acceptors (Lipinski definition) is 6. The molecular formula is C25H28N4O4S. The van der Waals surface area contributed by atoms with Crippen molar-refractivity contribution in [3.05, 3.63) is 70.6 Å². The third-order valence-corrected chi connectivity index (χ3v) is 6.70. The van der Waals surface area contributed by atoms with Gasteiger partial charge in [-0.15, -0.1) is 11.3 Å². The number of benzene rings is 1. The fourth-order valence-corrected chi connectivity index (χ4v) is 4.65. The number of aryl methyl sites for hydroxylation is 2. The van der Waals surface area contributed by atoms with Gasteiger partial charge < -0.3 is 14.2 Å². The molecule has 0 radical (unpaired) electrons. The van der Waals surface area contributed by atoms with Crippen LogP contribution in [0, 0.1) is 6.92 Å². The van der Waals surface area contributed by atoms with E-state index in [1.54, 1.807) is 23.3 Å². The first-order valence-corrected chi connectivity index (χ1v) is 12.3. The molecule has 34 heavy (non-hydrogen) atoms. The van der Waals surface area contributed by atoms with E-state index in [-0.39, 0.29) is 24.1 Å². The Balaban J connectivity index is 1.19. The van der Waals surface area contributed by atoms with Crippen molar-refractivity contribution in [3.8, 4) is 0 Å². The van der Waals surface area contributed by atoms with Crippen molar-refractivity contribution >= 4 is 34.2 Å². The maximum atomic E-state index is 12.7. The van der Waals surface area contributed by atoms with Gasteiger partial charge in [0.1, 0.15) is 5.76 Å². The summed E-state index contributed by atoms with van der Waals surface area (Å²) in [4.78, 5) is 45.5. The lowest BCUT2D eigenvalue weighted by Crippen LogP contribution is -2.51. The number of amides is 3. The van der Waals surface area contributed by atoms with Crippen LogP contribution in [0.4, 0.5) is 5.13 Å². The second-order valence-electron chi connectivity index (χ2n) is 8.27. The Morgan fingerprint density at radius 3 is 2.41 bits per heavy atom. The Morgan fingerprint density at radius 1 is 1.03 bits per heavy atom. The lowest BCUT2D eigenvalue weighted by molar-refractivity contribution is -0.139. The summed E-state index contributed by atoms with van der Waals surface area (Å²) in [6.45, 7) is 3.88. The first kappa shape index (κ1) is 23.7. The van der Waals surface area contributed by atoms with Gasteiger partial charge in [-0.2, -0.15) is 0 Å². The summed E-state index contributed by atoms with van der Waals surface area (Å²) < 4.78 is 5.16. The van der Waals surface area contributed by atoms with E-state index in [9.17, 15) is 14.4 Å². The van der Waals surface area contributed by atoms with Gasteiger partial charge in [0, 0.05) is 38.0 Å². The van der Waals surface area contributed by atoms with E-state index in [0.29, 0.717) is 54.7 Å². The summed E-state index contributed by atoms with van der Waals surface area (Å²) in [5, 5.41) is 4.97. The van der Waals surface area contributed by atoms with Crippen LogP contribution in [0.25, 0.3) is 0 Å². The minimum Gasteiger partial charge on any atom is -0.469 e. The molecule has 0 unspecified atom stereocenters. The molecule has 9 heteroatoms. The van der Waals surface area contributed by atoms with Gasteiger partial charge >= 0.3 is 0 Å². The van der Waals surface area contributed by atoms with Crippen LogP contribution in [0.15, 0.2) is 52.5 Å². The molecule has 1 aromatic carbocycles. The lowest BCUT2D eigenvalue weighted by Gasteiger charge is -2.34. The molecule has 1 aliphatic heterocycles. The molecule has 0 spiro atoms. The van der Waals surface area contributed by atoms with Gasteiger partial charge in [-0.05, 0) is 31.4 Å². The Kier molecular flexibility index (Phi) is 7.74. The molecule has 0 aliphatic carbocycles. The molecule has 8 nitrogen and oxygen atoms in total. The van der Waals surface area contributed by atoms with Gasteiger partial charge in [-0.25, -0.2) is 4.98 Å². The zero-order valence-corrected chi connectivity index (χ0v) is 20.0. The van der Waals surface area contributed by atoms with Gasteiger partial charge in [0.15, 0.2) is 5.13 Å². The number of hydrogen-bond donors (Lipinski definition) is 1. The van der Waals surface area contributed by atoms with E-state index in [2.05, 4.69) is 22.4 Å². The third-order valence-electron chi connectivity index (χ3n) is 5.89. The van der Waals surface area contributed by atoms with Gasteiger partial charge in [0.25, 0.3) is 5.91 Å². The number of nitrogens with one attached hydrogen (secondary N) is 1. The van der Waals surface area contributed by atoms with Crippen LogP contribution < -0.4 is 5.32 Å². The average Bonchev–Trinajstić information content (AvgIpc) is 3.48. The summed E-state index contributed by atoms with van der Waals surface area (Å²) in [7, 11) is 0. The Morgan fingerprint density at radius 2 is 1.74 bits per heavy atom. The van der Waals surface area contributed by atoms with Crippen molar-refractivity contribution in [3.63, 3.8) is 0 Å². The minimum atomic E-state index is -0.289. The maximum absolute atomic E-state index is 12.7. The summed E-state index contributed by atoms with van der Waals surface area (Å²) in [6, 6.07) is 11.8. The van der Waals surface area contributed by atoms with E-state index >= 15 is 0 Å². The first-order valence-electron chi connectivity index (χ1n) is 11.4. The molecule has 178 valence electrons. The number of carbonyl (C=O) groups is 3. The highest BCUT2D eigenvalue weighted by atomic mass is 32.1. The molecule has 3 heterocycles. The summed E-state index contributed by atoms with van der Waals surface area (Å²) in [5.41, 5.74) is 2.32. The summed E-state index contributed by atoms with van der Waals surface area (Å²) in [5.74, 6) is 0.377. The van der Waals surface area contributed by atoms with E-state index in [0.717, 1.165) is 12.8 Å². The molecule has 1 saturated heterocycles. The van der Waals surface area contributed by atoms with Crippen LogP contribution in [0.3, 0.4) is 0 Å². The average molecular weight is 481 g/mol. The second-order valence-corrected chi connectivity index (χ2v) is 9.12. The standard InChI is InChI=1S/C25H28N4O4S/c1-18-21(10-15-33-18)24(32)27-25-26-20(17-34-25)16-23(31)29-13-11-28(12-14-29)22(30)9-5-8-19-6-3-2-4-7-19/h2-4,6-7,10,15,17H,5,8-9,11-14,16H2,1H3,(H,26,27,32). The molecule has 0 bridgehead atoms. The predicted octanol–water partition coefficient (Wildman–Crippen LogP) is 3.53. The fourth-order valence-electron chi connectivity index (χ4n) is 3.95. The molecule has 4 rings (SSSR count). The second kappa shape index (κ2) is 11.1. The van der Waals surface area contributed by atoms with E-state index < -0.39 is 0 Å². The monoisotopic (exact) mass is 480 g/mol. The third kappa shape index (κ3) is 6.11. The molecule has 3 amide bonds. The van der Waals surface area contributed by atoms with Crippen molar-refractivity contribution in [1.82, 2.24) is 14.8 Å². The Bertz CT molecular complexity index is 1130. The molecule has 1 N–H and O–H groups in total.